The molecule has 1 unspecified atom stereocenters. The van der Waals surface area contributed by atoms with Crippen molar-refractivity contribution in [3.8, 4) is 0 Å². The Kier molecular flexibility index (Phi) is 8.26. The highest BCUT2D eigenvalue weighted by atomic mass is 32.2. The molecule has 192 valence electrons. The van der Waals surface area contributed by atoms with Gasteiger partial charge in [0, 0.05) is 25.3 Å². The van der Waals surface area contributed by atoms with Crippen LogP contribution in [-0.2, 0) is 33.4 Å². The lowest BCUT2D eigenvalue weighted by Crippen LogP contribution is -2.37. The van der Waals surface area contributed by atoms with E-state index in [1.54, 1.807) is 27.8 Å². The SMILES string of the molecule is Cc1cccc(CS(=O)(=O)c2ncc(CN(CC3CCCO3)C(=O)c3ccccc3)n2CC(C)C)c1. The van der Waals surface area contributed by atoms with Crippen LogP contribution >= 0.6 is 0 Å². The molecule has 0 radical (unpaired) electrons. The van der Waals surface area contributed by atoms with Gasteiger partial charge in [-0.1, -0.05) is 61.9 Å². The van der Waals surface area contributed by atoms with Gasteiger partial charge >= 0.3 is 0 Å². The van der Waals surface area contributed by atoms with Crippen molar-refractivity contribution in [1.29, 1.82) is 0 Å². The van der Waals surface area contributed by atoms with Gasteiger partial charge in [0.2, 0.25) is 15.0 Å². The zero-order chi connectivity index (χ0) is 25.7. The third-order valence-corrected chi connectivity index (χ3v) is 7.87. The number of carbonyl (C=O) groups is 1. The van der Waals surface area contributed by atoms with Crippen molar-refractivity contribution in [2.75, 3.05) is 13.2 Å². The normalized spacial score (nSPS) is 15.9. The highest BCUT2D eigenvalue weighted by molar-refractivity contribution is 7.90. The fourth-order valence-corrected chi connectivity index (χ4v) is 6.11. The Balaban J connectivity index is 1.66. The van der Waals surface area contributed by atoms with Crippen LogP contribution in [0.4, 0.5) is 0 Å². The lowest BCUT2D eigenvalue weighted by molar-refractivity contribution is 0.0501. The first-order chi connectivity index (χ1) is 17.2. The van der Waals surface area contributed by atoms with Crippen molar-refractivity contribution < 1.29 is 17.9 Å². The molecule has 1 amide bonds. The summed E-state index contributed by atoms with van der Waals surface area (Å²) in [5, 5.41) is 0.0527. The van der Waals surface area contributed by atoms with Gasteiger partial charge in [0.05, 0.1) is 30.3 Å². The predicted octanol–water partition coefficient (Wildman–Crippen LogP) is 4.64. The number of amides is 1. The summed E-state index contributed by atoms with van der Waals surface area (Å²) in [6.45, 7) is 7.93. The first-order valence-corrected chi connectivity index (χ1v) is 14.2. The summed E-state index contributed by atoms with van der Waals surface area (Å²) in [5.74, 6) is -0.0268. The van der Waals surface area contributed by atoms with E-state index >= 15 is 0 Å². The standard InChI is InChI=1S/C28H35N3O4S/c1-21(2)17-31-25(16-29-28(31)36(33,34)20-23-10-7-9-22(3)15-23)18-30(19-26-13-8-14-35-26)27(32)24-11-5-4-6-12-24/h4-7,9-12,15-16,21,26H,8,13-14,17-20H2,1-3H3. The lowest BCUT2D eigenvalue weighted by Gasteiger charge is -2.26. The molecule has 0 bridgehead atoms. The summed E-state index contributed by atoms with van der Waals surface area (Å²) >= 11 is 0. The summed E-state index contributed by atoms with van der Waals surface area (Å²) < 4.78 is 34.5. The van der Waals surface area contributed by atoms with Gasteiger partial charge in [0.25, 0.3) is 5.91 Å². The van der Waals surface area contributed by atoms with Gasteiger partial charge in [0.15, 0.2) is 0 Å². The number of sulfone groups is 1. The highest BCUT2D eigenvalue weighted by Crippen LogP contribution is 2.23. The number of hydrogen-bond acceptors (Lipinski definition) is 5. The average molecular weight is 510 g/mol. The molecule has 8 heteroatoms. The summed E-state index contributed by atoms with van der Waals surface area (Å²) in [6, 6.07) is 16.7. The molecule has 0 aliphatic carbocycles. The fourth-order valence-electron chi connectivity index (χ4n) is 4.62. The molecule has 0 spiro atoms. The minimum atomic E-state index is -3.69. The first kappa shape index (κ1) is 26.1. The van der Waals surface area contributed by atoms with Gasteiger partial charge in [-0.3, -0.25) is 4.79 Å². The zero-order valence-corrected chi connectivity index (χ0v) is 22.1. The molecule has 2 heterocycles. The molecule has 1 saturated heterocycles. The van der Waals surface area contributed by atoms with Crippen LogP contribution in [0, 0.1) is 12.8 Å². The van der Waals surface area contributed by atoms with E-state index in [9.17, 15) is 13.2 Å². The highest BCUT2D eigenvalue weighted by Gasteiger charge is 2.28. The van der Waals surface area contributed by atoms with Crippen LogP contribution in [0.25, 0.3) is 0 Å². The molecule has 7 nitrogen and oxygen atoms in total. The van der Waals surface area contributed by atoms with Crippen molar-refractivity contribution in [2.45, 2.75) is 63.7 Å². The van der Waals surface area contributed by atoms with Crippen LogP contribution in [0.2, 0.25) is 0 Å². The molecular formula is C28H35N3O4S. The maximum Gasteiger partial charge on any atom is 0.254 e. The van der Waals surface area contributed by atoms with Crippen LogP contribution in [0.5, 0.6) is 0 Å². The number of imidazole rings is 1. The Morgan fingerprint density at radius 1 is 1.17 bits per heavy atom. The average Bonchev–Trinajstić information content (AvgIpc) is 3.49. The van der Waals surface area contributed by atoms with Gasteiger partial charge in [-0.15, -0.1) is 0 Å². The Labute approximate surface area is 214 Å². The second-order valence-electron chi connectivity index (χ2n) is 9.97. The minimum Gasteiger partial charge on any atom is -0.376 e. The van der Waals surface area contributed by atoms with Crippen molar-refractivity contribution in [3.63, 3.8) is 0 Å². The van der Waals surface area contributed by atoms with Crippen LogP contribution in [0.3, 0.4) is 0 Å². The smallest absolute Gasteiger partial charge is 0.254 e. The van der Waals surface area contributed by atoms with Crippen molar-refractivity contribution >= 4 is 15.7 Å². The Morgan fingerprint density at radius 3 is 2.61 bits per heavy atom. The largest absolute Gasteiger partial charge is 0.376 e. The maximum atomic E-state index is 13.5. The molecule has 2 aromatic carbocycles. The molecule has 1 aliphatic heterocycles. The van der Waals surface area contributed by atoms with E-state index in [2.05, 4.69) is 4.98 Å². The van der Waals surface area contributed by atoms with E-state index in [-0.39, 0.29) is 35.4 Å². The number of rotatable bonds is 10. The van der Waals surface area contributed by atoms with E-state index in [1.165, 1.54) is 0 Å². The van der Waals surface area contributed by atoms with E-state index in [0.717, 1.165) is 24.0 Å². The number of benzene rings is 2. The second-order valence-corrected chi connectivity index (χ2v) is 11.9. The van der Waals surface area contributed by atoms with Crippen LogP contribution in [0.1, 0.15) is 53.9 Å². The molecule has 1 atom stereocenters. The van der Waals surface area contributed by atoms with Crippen molar-refractivity contribution in [1.82, 2.24) is 14.5 Å². The number of ether oxygens (including phenoxy) is 1. The van der Waals surface area contributed by atoms with Gasteiger partial charge in [-0.25, -0.2) is 13.4 Å². The van der Waals surface area contributed by atoms with Crippen molar-refractivity contribution in [3.05, 3.63) is 83.2 Å². The number of aromatic nitrogens is 2. The van der Waals surface area contributed by atoms with E-state index in [4.69, 9.17) is 4.74 Å². The number of aryl methyl sites for hydroxylation is 1. The number of nitrogens with zero attached hydrogens (tertiary/aromatic N) is 3. The molecule has 0 N–H and O–H groups in total. The molecule has 4 rings (SSSR count). The third kappa shape index (κ3) is 6.42. The van der Waals surface area contributed by atoms with Gasteiger partial charge in [-0.2, -0.15) is 0 Å². The Hall–Kier alpha value is -2.97. The zero-order valence-electron chi connectivity index (χ0n) is 21.3. The monoisotopic (exact) mass is 509 g/mol. The second kappa shape index (κ2) is 11.4. The predicted molar refractivity (Wildman–Crippen MR) is 139 cm³/mol. The Bertz CT molecular complexity index is 1280. The molecule has 0 saturated carbocycles. The fraction of sp³-hybridized carbons (Fsp3) is 0.429. The van der Waals surface area contributed by atoms with Crippen LogP contribution < -0.4 is 0 Å². The number of hydrogen-bond donors (Lipinski definition) is 0. The molecular weight excluding hydrogens is 474 g/mol. The summed E-state index contributed by atoms with van der Waals surface area (Å²) in [5.41, 5.74) is 3.04. The number of carbonyl (C=O) groups excluding carboxylic acids is 1. The summed E-state index contributed by atoms with van der Waals surface area (Å²) in [6.07, 6.45) is 3.46. The summed E-state index contributed by atoms with van der Waals surface area (Å²) in [7, 11) is -3.69. The van der Waals surface area contributed by atoms with Crippen LogP contribution in [-0.4, -0.2) is 48.0 Å². The topological polar surface area (TPSA) is 81.5 Å². The van der Waals surface area contributed by atoms with Crippen LogP contribution in [0.15, 0.2) is 66.0 Å². The Morgan fingerprint density at radius 2 is 1.94 bits per heavy atom. The molecule has 1 aromatic heterocycles. The molecule has 3 aromatic rings. The maximum absolute atomic E-state index is 13.5. The van der Waals surface area contributed by atoms with Gasteiger partial charge in [-0.05, 0) is 43.4 Å². The van der Waals surface area contributed by atoms with Gasteiger partial charge in [0.1, 0.15) is 0 Å². The molecule has 36 heavy (non-hydrogen) atoms. The van der Waals surface area contributed by atoms with E-state index < -0.39 is 9.84 Å². The molecule has 1 aliphatic rings. The van der Waals surface area contributed by atoms with Crippen molar-refractivity contribution in [2.24, 2.45) is 5.92 Å². The quantitative estimate of drug-likeness (QED) is 0.398. The minimum absolute atomic E-state index is 0.0244. The lowest BCUT2D eigenvalue weighted by atomic mass is 10.1. The first-order valence-electron chi connectivity index (χ1n) is 12.5. The van der Waals surface area contributed by atoms with E-state index in [1.807, 2.05) is 63.2 Å². The van der Waals surface area contributed by atoms with E-state index in [0.29, 0.717) is 31.0 Å². The van der Waals surface area contributed by atoms with Gasteiger partial charge < -0.3 is 14.2 Å². The molecule has 1 fully saturated rings. The third-order valence-electron chi connectivity index (χ3n) is 6.28. The summed E-state index contributed by atoms with van der Waals surface area (Å²) in [4.78, 5) is 19.6.